The zero-order chi connectivity index (χ0) is 28.5. The number of nitrogens with zero attached hydrogens (tertiary/aromatic N) is 3. The first-order valence-corrected chi connectivity index (χ1v) is 13.8. The number of carbonyl (C=O) groups excluding carboxylic acids is 2. The van der Waals surface area contributed by atoms with Crippen molar-refractivity contribution in [3.63, 3.8) is 0 Å². The number of hydrogen-bond donors (Lipinski definition) is 3. The molecule has 3 aliphatic rings. The lowest BCUT2D eigenvalue weighted by Gasteiger charge is -2.32. The summed E-state index contributed by atoms with van der Waals surface area (Å²) in [6.45, 7) is 13.2. The molecule has 1 aromatic carbocycles. The van der Waals surface area contributed by atoms with Crippen molar-refractivity contribution in [2.75, 3.05) is 33.3 Å². The van der Waals surface area contributed by atoms with Crippen LogP contribution in [0.2, 0.25) is 0 Å². The Morgan fingerprint density at radius 1 is 1.03 bits per heavy atom. The molecule has 3 aliphatic heterocycles. The second-order valence-electron chi connectivity index (χ2n) is 9.71. The number of likely N-dealkylation sites (tertiary alicyclic amines) is 2. The van der Waals surface area contributed by atoms with Crippen molar-refractivity contribution in [2.24, 2.45) is 0 Å². The smallest absolute Gasteiger partial charge is 0.320 e. The highest BCUT2D eigenvalue weighted by Gasteiger charge is 2.28. The Balaban J connectivity index is 0.00000205. The van der Waals surface area contributed by atoms with E-state index in [-0.39, 0.29) is 11.9 Å². The van der Waals surface area contributed by atoms with Crippen LogP contribution in [0.25, 0.3) is 0 Å². The Hall–Kier alpha value is -3.88. The summed E-state index contributed by atoms with van der Waals surface area (Å²) in [6, 6.07) is 3.79. The normalized spacial score (nSPS) is 17.1. The molecule has 9 heteroatoms. The van der Waals surface area contributed by atoms with Crippen molar-refractivity contribution in [2.45, 2.75) is 59.4 Å². The second-order valence-corrected chi connectivity index (χ2v) is 9.71. The number of rotatable bonds is 6. The third kappa shape index (κ3) is 7.16. The van der Waals surface area contributed by atoms with E-state index >= 15 is 0 Å². The summed E-state index contributed by atoms with van der Waals surface area (Å²) in [5, 5.41) is 19.0. The molecule has 2 saturated heterocycles. The number of allylic oxidation sites excluding steroid dienone is 3. The molecule has 39 heavy (non-hydrogen) atoms. The van der Waals surface area contributed by atoms with Crippen LogP contribution in [-0.2, 0) is 13.0 Å². The quantitative estimate of drug-likeness (QED) is 0.268. The molecule has 0 spiro atoms. The first-order valence-electron chi connectivity index (χ1n) is 13.8. The average molecular weight is 535 g/mol. The van der Waals surface area contributed by atoms with Gasteiger partial charge in [-0.2, -0.15) is 0 Å². The summed E-state index contributed by atoms with van der Waals surface area (Å²) in [6.07, 6.45) is 9.61. The number of amidine groups is 2. The van der Waals surface area contributed by atoms with Gasteiger partial charge in [-0.1, -0.05) is 32.6 Å². The van der Waals surface area contributed by atoms with Crippen LogP contribution >= 0.6 is 0 Å². The lowest BCUT2D eigenvalue weighted by Crippen LogP contribution is -2.44. The fraction of sp³-hybridized carbons (Fsp3) is 0.467. The van der Waals surface area contributed by atoms with Gasteiger partial charge in [0.15, 0.2) is 0 Å². The monoisotopic (exact) mass is 534 g/mol. The van der Waals surface area contributed by atoms with Crippen LogP contribution < -0.4 is 10.1 Å². The molecule has 0 radical (unpaired) electrons. The maximum Gasteiger partial charge on any atom is 0.320 e. The van der Waals surface area contributed by atoms with Crippen molar-refractivity contribution >= 4 is 23.6 Å². The Morgan fingerprint density at radius 3 is 2.38 bits per heavy atom. The van der Waals surface area contributed by atoms with E-state index in [1.807, 2.05) is 42.7 Å². The van der Waals surface area contributed by atoms with Crippen LogP contribution in [0.1, 0.15) is 67.9 Å². The number of methoxy groups -OCH3 is 1. The van der Waals surface area contributed by atoms with Crippen LogP contribution in [0, 0.1) is 10.8 Å². The molecule has 0 saturated carbocycles. The number of nitrogens with one attached hydrogen (secondary N) is 3. The van der Waals surface area contributed by atoms with Crippen LogP contribution in [0.15, 0.2) is 48.2 Å². The molecular formula is C30H42N6O3. The molecule has 9 nitrogen and oxygen atoms in total. The third-order valence-electron chi connectivity index (χ3n) is 7.11. The van der Waals surface area contributed by atoms with E-state index in [1.165, 1.54) is 0 Å². The third-order valence-corrected chi connectivity index (χ3v) is 7.11. The summed E-state index contributed by atoms with van der Waals surface area (Å²) >= 11 is 0. The molecular weight excluding hydrogens is 492 g/mol. The minimum atomic E-state index is -0.337. The van der Waals surface area contributed by atoms with E-state index in [1.54, 1.807) is 30.2 Å². The summed E-state index contributed by atoms with van der Waals surface area (Å²) < 4.78 is 5.51. The first-order chi connectivity index (χ1) is 18.8. The van der Waals surface area contributed by atoms with Crippen LogP contribution in [0.5, 0.6) is 5.75 Å². The minimum absolute atomic E-state index is 0.0708. The molecule has 0 unspecified atom stereocenters. The fourth-order valence-corrected chi connectivity index (χ4v) is 4.98. The predicted molar refractivity (Wildman–Crippen MR) is 156 cm³/mol. The summed E-state index contributed by atoms with van der Waals surface area (Å²) in [5.74, 6) is 0.944. The number of benzene rings is 1. The van der Waals surface area contributed by atoms with Gasteiger partial charge in [0.05, 0.1) is 12.7 Å². The van der Waals surface area contributed by atoms with Crippen molar-refractivity contribution in [3.8, 4) is 5.75 Å². The van der Waals surface area contributed by atoms with E-state index in [0.29, 0.717) is 54.7 Å². The van der Waals surface area contributed by atoms with E-state index < -0.39 is 0 Å². The molecule has 3 amide bonds. The summed E-state index contributed by atoms with van der Waals surface area (Å²) in [4.78, 5) is 31.5. The molecule has 3 heterocycles. The summed E-state index contributed by atoms with van der Waals surface area (Å²) in [7, 11) is 1.54. The van der Waals surface area contributed by atoms with Gasteiger partial charge in [0.1, 0.15) is 17.4 Å². The van der Waals surface area contributed by atoms with Gasteiger partial charge in [-0.05, 0) is 67.5 Å². The van der Waals surface area contributed by atoms with Crippen LogP contribution in [-0.4, -0.2) is 71.6 Å². The molecule has 0 aliphatic carbocycles. The van der Waals surface area contributed by atoms with Crippen molar-refractivity contribution in [1.29, 1.82) is 10.8 Å². The Labute approximate surface area is 232 Å². The lowest BCUT2D eigenvalue weighted by molar-refractivity contribution is 0.0964. The van der Waals surface area contributed by atoms with Gasteiger partial charge in [-0.15, -0.1) is 0 Å². The largest absolute Gasteiger partial charge is 0.496 e. The highest BCUT2D eigenvalue weighted by atomic mass is 16.5. The molecule has 210 valence electrons. The topological polar surface area (TPSA) is 113 Å². The number of ether oxygens (including phenoxy) is 1. The van der Waals surface area contributed by atoms with Crippen molar-refractivity contribution in [1.82, 2.24) is 20.0 Å². The molecule has 0 atom stereocenters. The molecule has 2 fully saturated rings. The highest BCUT2D eigenvalue weighted by Crippen LogP contribution is 2.29. The summed E-state index contributed by atoms with van der Waals surface area (Å²) in [5.41, 5.74) is 3.57. The number of amides is 3. The number of urea groups is 1. The minimum Gasteiger partial charge on any atom is -0.496 e. The lowest BCUT2D eigenvalue weighted by atomic mass is 9.96. The van der Waals surface area contributed by atoms with Crippen LogP contribution in [0.4, 0.5) is 4.79 Å². The van der Waals surface area contributed by atoms with Gasteiger partial charge in [-0.25, -0.2) is 4.79 Å². The number of carbonyl (C=O) groups is 2. The Bertz CT molecular complexity index is 1180. The van der Waals surface area contributed by atoms with Gasteiger partial charge in [-0.3, -0.25) is 15.6 Å². The van der Waals surface area contributed by atoms with E-state index in [4.69, 9.17) is 15.6 Å². The molecule has 1 aromatic rings. The van der Waals surface area contributed by atoms with Crippen LogP contribution in [0.3, 0.4) is 0 Å². The SMILES string of the molecule is C=C(/C=C\C=C(/C)C(=N)N1CCCC1=N)NC(=O)c1cc2c(cc1OC)CCN(C(=O)N1CCCC1)C2.CC. The van der Waals surface area contributed by atoms with Crippen molar-refractivity contribution in [3.05, 3.63) is 64.9 Å². The molecule has 4 rings (SSSR count). The molecule has 0 aromatic heterocycles. The van der Waals surface area contributed by atoms with E-state index in [9.17, 15) is 9.59 Å². The van der Waals surface area contributed by atoms with Gasteiger partial charge >= 0.3 is 6.03 Å². The average Bonchev–Trinajstić information content (AvgIpc) is 3.64. The standard InChI is InChI=1S/C28H36N6O3.C2H6/c1-19(26(30)34-14-7-10-25(34)29)8-6-9-20(2)31-27(35)23-16-22-18-33(28(36)32-12-4-5-13-32)15-11-21(22)17-24(23)37-3;1-2/h6,8-9,16-17,29-30H,2,4-5,7,10-15,18H2,1,3H3,(H,31,35);1-2H3/b9-6-,19-8+,29-25?,30-26?;. The maximum absolute atomic E-state index is 13.1. The van der Waals surface area contributed by atoms with Gasteiger partial charge in [0, 0.05) is 44.8 Å². The fourth-order valence-electron chi connectivity index (χ4n) is 4.98. The van der Waals surface area contributed by atoms with Crippen molar-refractivity contribution < 1.29 is 14.3 Å². The zero-order valence-electron chi connectivity index (χ0n) is 23.7. The second kappa shape index (κ2) is 13.8. The maximum atomic E-state index is 13.1. The Kier molecular flexibility index (Phi) is 10.5. The van der Waals surface area contributed by atoms with Gasteiger partial charge in [0.2, 0.25) is 0 Å². The highest BCUT2D eigenvalue weighted by molar-refractivity contribution is 6.07. The molecule has 0 bridgehead atoms. The van der Waals surface area contributed by atoms with Gasteiger partial charge < -0.3 is 24.8 Å². The molecule has 3 N–H and O–H groups in total. The van der Waals surface area contributed by atoms with E-state index in [2.05, 4.69) is 11.9 Å². The first kappa shape index (κ1) is 29.7. The zero-order valence-corrected chi connectivity index (χ0v) is 23.7. The number of hydrogen-bond acceptors (Lipinski definition) is 5. The van der Waals surface area contributed by atoms with Gasteiger partial charge in [0.25, 0.3) is 5.91 Å². The Morgan fingerprint density at radius 2 is 1.74 bits per heavy atom. The van der Waals surface area contributed by atoms with E-state index in [0.717, 1.165) is 55.5 Å². The number of fused-ring (bicyclic) bond motifs is 1. The predicted octanol–water partition coefficient (Wildman–Crippen LogP) is 5.09.